The Bertz CT molecular complexity index is 252. The Morgan fingerprint density at radius 1 is 0.952 bits per heavy atom. The highest BCUT2D eigenvalue weighted by Gasteiger charge is 2.14. The van der Waals surface area contributed by atoms with Gasteiger partial charge in [-0.2, -0.15) is 0 Å². The van der Waals surface area contributed by atoms with Crippen molar-refractivity contribution >= 4 is 5.91 Å². The number of rotatable bonds is 13. The van der Waals surface area contributed by atoms with E-state index in [0.29, 0.717) is 18.3 Å². The van der Waals surface area contributed by atoms with Crippen LogP contribution in [0.4, 0.5) is 0 Å². The maximum absolute atomic E-state index is 11.8. The van der Waals surface area contributed by atoms with Gasteiger partial charge in [-0.05, 0) is 43.6 Å². The lowest BCUT2D eigenvalue weighted by Gasteiger charge is -2.19. The Hall–Kier alpha value is -0.570. The summed E-state index contributed by atoms with van der Waals surface area (Å²) in [5, 5.41) is 3.05. The quantitative estimate of drug-likeness (QED) is 0.503. The van der Waals surface area contributed by atoms with Crippen LogP contribution in [0.25, 0.3) is 0 Å². The summed E-state index contributed by atoms with van der Waals surface area (Å²) in [6.45, 7) is 10.5. The molecule has 0 aliphatic heterocycles. The first-order valence-corrected chi connectivity index (χ1v) is 8.94. The van der Waals surface area contributed by atoms with Crippen LogP contribution in [0.15, 0.2) is 0 Å². The van der Waals surface area contributed by atoms with E-state index in [-0.39, 0.29) is 5.91 Å². The highest BCUT2D eigenvalue weighted by molar-refractivity contribution is 5.75. The molecule has 3 N–H and O–H groups in total. The van der Waals surface area contributed by atoms with Crippen LogP contribution in [0.2, 0.25) is 0 Å². The van der Waals surface area contributed by atoms with Crippen LogP contribution in [0.5, 0.6) is 0 Å². The molecule has 0 aliphatic carbocycles. The highest BCUT2D eigenvalue weighted by Crippen LogP contribution is 2.20. The molecule has 0 spiro atoms. The summed E-state index contributed by atoms with van der Waals surface area (Å²) in [5.74, 6) is 2.21. The zero-order valence-electron chi connectivity index (χ0n) is 14.8. The minimum absolute atomic E-state index is 0.208. The first-order chi connectivity index (χ1) is 9.97. The van der Waals surface area contributed by atoms with Gasteiger partial charge >= 0.3 is 0 Å². The normalized spacial score (nSPS) is 12.9. The molecular weight excluding hydrogens is 260 g/mol. The molecule has 0 heterocycles. The maximum Gasteiger partial charge on any atom is 0.220 e. The third kappa shape index (κ3) is 12.9. The summed E-state index contributed by atoms with van der Waals surface area (Å²) in [4.78, 5) is 11.8. The number of hydrogen-bond acceptors (Lipinski definition) is 2. The molecule has 0 aromatic heterocycles. The van der Waals surface area contributed by atoms with E-state index in [9.17, 15) is 4.79 Å². The van der Waals surface area contributed by atoms with Gasteiger partial charge in [-0.25, -0.2) is 0 Å². The standard InChI is InChI=1S/C18H38N2O/c1-15(2)9-7-5-6-8-14-20-18(21)11-10-17(12-13-19)16(3)4/h15-17H,5-14,19H2,1-4H3,(H,20,21). The van der Waals surface area contributed by atoms with Crippen molar-refractivity contribution in [3.63, 3.8) is 0 Å². The molecule has 0 bridgehead atoms. The van der Waals surface area contributed by atoms with Gasteiger partial charge in [0.15, 0.2) is 0 Å². The molecule has 1 amide bonds. The van der Waals surface area contributed by atoms with Crippen molar-refractivity contribution in [2.45, 2.75) is 79.1 Å². The van der Waals surface area contributed by atoms with Crippen LogP contribution >= 0.6 is 0 Å². The van der Waals surface area contributed by atoms with Gasteiger partial charge in [-0.3, -0.25) is 4.79 Å². The van der Waals surface area contributed by atoms with Crippen molar-refractivity contribution in [2.24, 2.45) is 23.5 Å². The third-order valence-electron chi connectivity index (χ3n) is 4.25. The molecule has 0 aliphatic rings. The van der Waals surface area contributed by atoms with E-state index in [0.717, 1.165) is 38.3 Å². The molecule has 0 saturated carbocycles. The van der Waals surface area contributed by atoms with E-state index < -0.39 is 0 Å². The summed E-state index contributed by atoms with van der Waals surface area (Å²) in [6, 6.07) is 0. The Labute approximate surface area is 132 Å². The second-order valence-electron chi connectivity index (χ2n) is 7.07. The van der Waals surface area contributed by atoms with Crippen LogP contribution in [0.3, 0.4) is 0 Å². The number of amides is 1. The van der Waals surface area contributed by atoms with E-state index in [1.807, 2.05) is 0 Å². The monoisotopic (exact) mass is 298 g/mol. The zero-order chi connectivity index (χ0) is 16.1. The fourth-order valence-corrected chi connectivity index (χ4v) is 2.69. The Kier molecular flexibility index (Phi) is 12.8. The molecule has 1 atom stereocenters. The number of nitrogens with two attached hydrogens (primary N) is 1. The minimum Gasteiger partial charge on any atom is -0.356 e. The van der Waals surface area contributed by atoms with Gasteiger partial charge in [0.1, 0.15) is 0 Å². The maximum atomic E-state index is 11.8. The van der Waals surface area contributed by atoms with E-state index in [4.69, 9.17) is 5.73 Å². The number of carbonyl (C=O) groups excluding carboxylic acids is 1. The molecule has 3 nitrogen and oxygen atoms in total. The molecule has 0 saturated heterocycles. The predicted molar refractivity (Wildman–Crippen MR) is 92.2 cm³/mol. The van der Waals surface area contributed by atoms with Crippen molar-refractivity contribution in [3.8, 4) is 0 Å². The Morgan fingerprint density at radius 3 is 2.19 bits per heavy atom. The highest BCUT2D eigenvalue weighted by atomic mass is 16.1. The first-order valence-electron chi connectivity index (χ1n) is 8.94. The van der Waals surface area contributed by atoms with Crippen LogP contribution in [0, 0.1) is 17.8 Å². The first kappa shape index (κ1) is 20.4. The van der Waals surface area contributed by atoms with Crippen molar-refractivity contribution in [2.75, 3.05) is 13.1 Å². The van der Waals surface area contributed by atoms with Gasteiger partial charge in [0.25, 0.3) is 0 Å². The van der Waals surface area contributed by atoms with E-state index >= 15 is 0 Å². The average molecular weight is 299 g/mol. The van der Waals surface area contributed by atoms with Crippen LogP contribution in [0.1, 0.15) is 79.1 Å². The van der Waals surface area contributed by atoms with Gasteiger partial charge in [0.05, 0.1) is 0 Å². The number of unbranched alkanes of at least 4 members (excludes halogenated alkanes) is 3. The van der Waals surface area contributed by atoms with E-state index in [1.165, 1.54) is 25.7 Å². The summed E-state index contributed by atoms with van der Waals surface area (Å²) in [5.41, 5.74) is 5.63. The Morgan fingerprint density at radius 2 is 1.62 bits per heavy atom. The molecule has 0 aromatic rings. The van der Waals surface area contributed by atoms with Gasteiger partial charge in [-0.15, -0.1) is 0 Å². The minimum atomic E-state index is 0.208. The number of nitrogens with one attached hydrogen (secondary N) is 1. The molecule has 126 valence electrons. The Balaban J connectivity index is 3.53. The van der Waals surface area contributed by atoms with Crippen LogP contribution in [-0.2, 0) is 4.79 Å². The second kappa shape index (κ2) is 13.1. The van der Waals surface area contributed by atoms with Crippen molar-refractivity contribution in [1.82, 2.24) is 5.32 Å². The van der Waals surface area contributed by atoms with Gasteiger partial charge in [-0.1, -0.05) is 53.4 Å². The molecule has 0 fully saturated rings. The fraction of sp³-hybridized carbons (Fsp3) is 0.944. The fourth-order valence-electron chi connectivity index (χ4n) is 2.69. The van der Waals surface area contributed by atoms with Crippen molar-refractivity contribution in [1.29, 1.82) is 0 Å². The lowest BCUT2D eigenvalue weighted by atomic mass is 9.88. The molecule has 0 radical (unpaired) electrons. The SMILES string of the molecule is CC(C)CCCCCCNC(=O)CCC(CCN)C(C)C. The second-order valence-corrected chi connectivity index (χ2v) is 7.07. The van der Waals surface area contributed by atoms with E-state index in [1.54, 1.807) is 0 Å². The molecular formula is C18H38N2O. The van der Waals surface area contributed by atoms with Gasteiger partial charge in [0.2, 0.25) is 5.91 Å². The molecule has 1 unspecified atom stereocenters. The van der Waals surface area contributed by atoms with Crippen molar-refractivity contribution < 1.29 is 4.79 Å². The largest absolute Gasteiger partial charge is 0.356 e. The lowest BCUT2D eigenvalue weighted by molar-refractivity contribution is -0.121. The zero-order valence-corrected chi connectivity index (χ0v) is 14.8. The van der Waals surface area contributed by atoms with Crippen LogP contribution < -0.4 is 11.1 Å². The predicted octanol–water partition coefficient (Wildman–Crippen LogP) is 4.11. The molecule has 0 rings (SSSR count). The summed E-state index contributed by atoms with van der Waals surface area (Å²) in [6.07, 6.45) is 8.92. The van der Waals surface area contributed by atoms with Gasteiger partial charge < -0.3 is 11.1 Å². The smallest absolute Gasteiger partial charge is 0.220 e. The van der Waals surface area contributed by atoms with Gasteiger partial charge in [0, 0.05) is 13.0 Å². The van der Waals surface area contributed by atoms with E-state index in [2.05, 4.69) is 33.0 Å². The molecule has 0 aromatic carbocycles. The summed E-state index contributed by atoms with van der Waals surface area (Å²) in [7, 11) is 0. The lowest BCUT2D eigenvalue weighted by Crippen LogP contribution is -2.25. The number of hydrogen-bond donors (Lipinski definition) is 2. The average Bonchev–Trinajstić information content (AvgIpc) is 2.41. The third-order valence-corrected chi connectivity index (χ3v) is 4.25. The topological polar surface area (TPSA) is 55.1 Å². The van der Waals surface area contributed by atoms with Crippen LogP contribution in [-0.4, -0.2) is 19.0 Å². The number of carbonyl (C=O) groups is 1. The summed E-state index contributed by atoms with van der Waals surface area (Å²) < 4.78 is 0. The summed E-state index contributed by atoms with van der Waals surface area (Å²) >= 11 is 0. The van der Waals surface area contributed by atoms with Crippen molar-refractivity contribution in [3.05, 3.63) is 0 Å². The molecule has 21 heavy (non-hydrogen) atoms. The molecule has 3 heteroatoms.